The summed E-state index contributed by atoms with van der Waals surface area (Å²) in [7, 11) is 1.39. The number of aryl methyl sites for hydroxylation is 1. The van der Waals surface area contributed by atoms with Gasteiger partial charge in [-0.2, -0.15) is 4.98 Å². The van der Waals surface area contributed by atoms with Gasteiger partial charge in [0.05, 0.1) is 13.7 Å². The van der Waals surface area contributed by atoms with Gasteiger partial charge in [-0.1, -0.05) is 0 Å². The molecule has 0 unspecified atom stereocenters. The maximum absolute atomic E-state index is 11.8. The summed E-state index contributed by atoms with van der Waals surface area (Å²) in [5, 5.41) is 28.5. The van der Waals surface area contributed by atoms with E-state index in [1.54, 1.807) is 6.92 Å². The van der Waals surface area contributed by atoms with Gasteiger partial charge in [-0.05, 0) is 6.92 Å². The third-order valence-corrected chi connectivity index (χ3v) is 3.07. The minimum atomic E-state index is -1.32. The molecule has 0 saturated carbocycles. The molecule has 2 rings (SSSR count). The SMILES string of the molecule is COc1nc(=O)n([C@@H]2O[C@H](CO)[C@@H](O)[C@@H]2O)cc1C. The first-order valence-corrected chi connectivity index (χ1v) is 5.75. The molecular formula is C11H16N2O6. The lowest BCUT2D eigenvalue weighted by Crippen LogP contribution is -2.36. The zero-order chi connectivity index (χ0) is 14.2. The largest absolute Gasteiger partial charge is 0.481 e. The number of ether oxygens (including phenoxy) is 2. The fourth-order valence-electron chi connectivity index (χ4n) is 2.05. The molecule has 19 heavy (non-hydrogen) atoms. The van der Waals surface area contributed by atoms with Crippen molar-refractivity contribution in [3.05, 3.63) is 22.2 Å². The highest BCUT2D eigenvalue weighted by Gasteiger charge is 2.43. The summed E-state index contributed by atoms with van der Waals surface area (Å²) in [5.41, 5.74) is -0.0860. The van der Waals surface area contributed by atoms with Crippen LogP contribution in [0, 0.1) is 6.92 Å². The molecule has 1 aromatic rings. The van der Waals surface area contributed by atoms with E-state index in [1.165, 1.54) is 13.3 Å². The molecule has 1 aromatic heterocycles. The maximum Gasteiger partial charge on any atom is 0.353 e. The molecule has 2 heterocycles. The van der Waals surface area contributed by atoms with Crippen LogP contribution in [0.1, 0.15) is 11.8 Å². The number of hydrogen-bond acceptors (Lipinski definition) is 7. The van der Waals surface area contributed by atoms with Crippen molar-refractivity contribution in [3.63, 3.8) is 0 Å². The number of aromatic nitrogens is 2. The van der Waals surface area contributed by atoms with E-state index in [2.05, 4.69) is 4.98 Å². The Morgan fingerprint density at radius 2 is 2.16 bits per heavy atom. The Morgan fingerprint density at radius 3 is 2.68 bits per heavy atom. The van der Waals surface area contributed by atoms with Crippen molar-refractivity contribution in [2.75, 3.05) is 13.7 Å². The Kier molecular flexibility index (Phi) is 3.85. The van der Waals surface area contributed by atoms with Crippen molar-refractivity contribution in [1.82, 2.24) is 9.55 Å². The Labute approximate surface area is 108 Å². The van der Waals surface area contributed by atoms with Gasteiger partial charge in [-0.3, -0.25) is 4.57 Å². The first-order valence-electron chi connectivity index (χ1n) is 5.75. The summed E-state index contributed by atoms with van der Waals surface area (Å²) >= 11 is 0. The van der Waals surface area contributed by atoms with E-state index >= 15 is 0 Å². The quantitative estimate of drug-likeness (QED) is 0.593. The van der Waals surface area contributed by atoms with Crippen LogP contribution < -0.4 is 10.4 Å². The lowest BCUT2D eigenvalue weighted by atomic mass is 10.1. The number of rotatable bonds is 3. The Hall–Kier alpha value is -1.48. The van der Waals surface area contributed by atoms with Crippen LogP contribution in [-0.4, -0.2) is 56.9 Å². The standard InChI is InChI=1S/C11H16N2O6/c1-5-3-13(11(17)12-9(5)18-2)10-8(16)7(15)6(4-14)19-10/h3,6-8,10,14-16H,4H2,1-2H3/t6-,7-,8+,10-/m1/s1. The molecule has 0 amide bonds. The van der Waals surface area contributed by atoms with Crippen molar-refractivity contribution >= 4 is 0 Å². The molecule has 8 nitrogen and oxygen atoms in total. The highest BCUT2D eigenvalue weighted by molar-refractivity contribution is 5.20. The third kappa shape index (κ3) is 2.35. The van der Waals surface area contributed by atoms with Gasteiger partial charge in [-0.15, -0.1) is 0 Å². The predicted molar refractivity (Wildman–Crippen MR) is 62.8 cm³/mol. The molecule has 1 aliphatic rings. The molecule has 4 atom stereocenters. The number of nitrogens with zero attached hydrogens (tertiary/aromatic N) is 2. The second-order valence-corrected chi connectivity index (χ2v) is 4.35. The normalized spacial score (nSPS) is 30.6. The summed E-state index contributed by atoms with van der Waals surface area (Å²) in [5.74, 6) is 0.188. The second kappa shape index (κ2) is 5.25. The van der Waals surface area contributed by atoms with Crippen molar-refractivity contribution in [2.45, 2.75) is 31.5 Å². The second-order valence-electron chi connectivity index (χ2n) is 4.35. The van der Waals surface area contributed by atoms with Crippen LogP contribution in [0.3, 0.4) is 0 Å². The molecule has 0 radical (unpaired) electrons. The molecule has 1 aliphatic heterocycles. The zero-order valence-electron chi connectivity index (χ0n) is 10.6. The van der Waals surface area contributed by atoms with Crippen LogP contribution in [0.15, 0.2) is 11.0 Å². The minimum Gasteiger partial charge on any atom is -0.481 e. The molecule has 0 aromatic carbocycles. The topological polar surface area (TPSA) is 114 Å². The van der Waals surface area contributed by atoms with E-state index in [0.29, 0.717) is 5.56 Å². The van der Waals surface area contributed by atoms with Gasteiger partial charge >= 0.3 is 5.69 Å². The Bertz CT molecular complexity index is 516. The van der Waals surface area contributed by atoms with Gasteiger partial charge in [0.15, 0.2) is 6.23 Å². The predicted octanol–water partition coefficient (Wildman–Crippen LogP) is -1.83. The molecule has 0 spiro atoms. The molecule has 106 valence electrons. The summed E-state index contributed by atoms with van der Waals surface area (Å²) in [6.45, 7) is 1.23. The minimum absolute atomic E-state index is 0.188. The first kappa shape index (κ1) is 13.9. The lowest BCUT2D eigenvalue weighted by Gasteiger charge is -2.18. The Balaban J connectivity index is 2.38. The van der Waals surface area contributed by atoms with Crippen molar-refractivity contribution in [1.29, 1.82) is 0 Å². The smallest absolute Gasteiger partial charge is 0.353 e. The van der Waals surface area contributed by atoms with Crippen LogP contribution in [0.2, 0.25) is 0 Å². The number of aliphatic hydroxyl groups is 3. The average Bonchev–Trinajstić information content (AvgIpc) is 2.68. The molecule has 8 heteroatoms. The van der Waals surface area contributed by atoms with Gasteiger partial charge < -0.3 is 24.8 Å². The Morgan fingerprint density at radius 1 is 1.47 bits per heavy atom. The van der Waals surface area contributed by atoms with Gasteiger partial charge in [0.1, 0.15) is 18.3 Å². The van der Waals surface area contributed by atoms with E-state index < -0.39 is 36.8 Å². The third-order valence-electron chi connectivity index (χ3n) is 3.07. The van der Waals surface area contributed by atoms with E-state index in [0.717, 1.165) is 4.57 Å². The maximum atomic E-state index is 11.8. The summed E-state index contributed by atoms with van der Waals surface area (Å²) in [6.07, 6.45) is -3.17. The molecule has 0 aliphatic carbocycles. The number of aliphatic hydroxyl groups excluding tert-OH is 3. The molecule has 0 bridgehead atoms. The lowest BCUT2D eigenvalue weighted by molar-refractivity contribution is -0.0551. The van der Waals surface area contributed by atoms with Gasteiger partial charge in [0.25, 0.3) is 0 Å². The molecule has 1 fully saturated rings. The van der Waals surface area contributed by atoms with Gasteiger partial charge in [-0.25, -0.2) is 4.79 Å². The first-order chi connectivity index (χ1) is 8.99. The molecular weight excluding hydrogens is 256 g/mol. The fraction of sp³-hybridized carbons (Fsp3) is 0.636. The highest BCUT2D eigenvalue weighted by atomic mass is 16.6. The zero-order valence-corrected chi connectivity index (χ0v) is 10.6. The summed E-state index contributed by atoms with van der Waals surface area (Å²) in [6, 6.07) is 0. The van der Waals surface area contributed by atoms with Crippen LogP contribution >= 0.6 is 0 Å². The van der Waals surface area contributed by atoms with Crippen LogP contribution in [-0.2, 0) is 4.74 Å². The van der Waals surface area contributed by atoms with Crippen molar-refractivity contribution in [2.24, 2.45) is 0 Å². The van der Waals surface area contributed by atoms with Crippen LogP contribution in [0.4, 0.5) is 0 Å². The molecule has 3 N–H and O–H groups in total. The fourth-order valence-corrected chi connectivity index (χ4v) is 2.05. The number of hydrogen-bond donors (Lipinski definition) is 3. The van der Waals surface area contributed by atoms with Crippen LogP contribution in [0.5, 0.6) is 5.88 Å². The van der Waals surface area contributed by atoms with Crippen molar-refractivity contribution in [3.8, 4) is 5.88 Å². The average molecular weight is 272 g/mol. The summed E-state index contributed by atoms with van der Waals surface area (Å²) < 4.78 is 11.3. The van der Waals surface area contributed by atoms with Crippen molar-refractivity contribution < 1.29 is 24.8 Å². The van der Waals surface area contributed by atoms with Gasteiger partial charge in [0.2, 0.25) is 5.88 Å². The van der Waals surface area contributed by atoms with Gasteiger partial charge in [0, 0.05) is 11.8 Å². The summed E-state index contributed by atoms with van der Waals surface area (Å²) in [4.78, 5) is 15.5. The monoisotopic (exact) mass is 272 g/mol. The highest BCUT2D eigenvalue weighted by Crippen LogP contribution is 2.28. The van der Waals surface area contributed by atoms with Crippen LogP contribution in [0.25, 0.3) is 0 Å². The van der Waals surface area contributed by atoms with E-state index in [4.69, 9.17) is 14.6 Å². The van der Waals surface area contributed by atoms with E-state index in [-0.39, 0.29) is 5.88 Å². The van der Waals surface area contributed by atoms with E-state index in [9.17, 15) is 15.0 Å². The number of methoxy groups -OCH3 is 1. The molecule has 1 saturated heterocycles. The van der Waals surface area contributed by atoms with E-state index in [1.807, 2.05) is 0 Å².